The number of ether oxygens (including phenoxy) is 3. The molecule has 166 valence electrons. The second kappa shape index (κ2) is 13.2. The first-order valence-corrected chi connectivity index (χ1v) is 10.8. The van der Waals surface area contributed by atoms with Crippen LogP contribution in [0.25, 0.3) is 0 Å². The Bertz CT molecular complexity index is 462. The van der Waals surface area contributed by atoms with Crippen molar-refractivity contribution in [2.24, 2.45) is 16.3 Å². The van der Waals surface area contributed by atoms with E-state index in [4.69, 9.17) is 19.2 Å². The number of nitrogens with zero attached hydrogens (tertiary/aromatic N) is 2. The summed E-state index contributed by atoms with van der Waals surface area (Å²) in [7, 11) is 1.71. The molecule has 0 aromatic heterocycles. The van der Waals surface area contributed by atoms with E-state index in [9.17, 15) is 0 Å². The highest BCUT2D eigenvalue weighted by Crippen LogP contribution is 2.43. The van der Waals surface area contributed by atoms with Crippen molar-refractivity contribution in [3.8, 4) is 0 Å². The molecule has 2 aliphatic rings. The van der Waals surface area contributed by atoms with Gasteiger partial charge in [-0.25, -0.2) is 0 Å². The minimum absolute atomic E-state index is 0. The van der Waals surface area contributed by atoms with Crippen LogP contribution in [0.2, 0.25) is 0 Å². The van der Waals surface area contributed by atoms with E-state index in [1.54, 1.807) is 7.11 Å². The Morgan fingerprint density at radius 2 is 2.00 bits per heavy atom. The predicted octanol–water partition coefficient (Wildman–Crippen LogP) is 3.54. The van der Waals surface area contributed by atoms with Gasteiger partial charge in [0.2, 0.25) is 0 Å². The molecule has 7 heteroatoms. The predicted molar refractivity (Wildman–Crippen MR) is 126 cm³/mol. The van der Waals surface area contributed by atoms with Gasteiger partial charge in [0.25, 0.3) is 0 Å². The van der Waals surface area contributed by atoms with Crippen LogP contribution in [-0.2, 0) is 14.2 Å². The zero-order valence-corrected chi connectivity index (χ0v) is 20.9. The Hall–Kier alpha value is -0.120. The molecule has 1 aliphatic carbocycles. The molecule has 1 aliphatic heterocycles. The number of hydrogen-bond acceptors (Lipinski definition) is 4. The molecule has 1 N–H and O–H groups in total. The van der Waals surface area contributed by atoms with Crippen molar-refractivity contribution in [3.63, 3.8) is 0 Å². The third-order valence-electron chi connectivity index (χ3n) is 5.98. The fourth-order valence-electron chi connectivity index (χ4n) is 3.88. The van der Waals surface area contributed by atoms with Crippen molar-refractivity contribution >= 4 is 29.9 Å². The van der Waals surface area contributed by atoms with Crippen molar-refractivity contribution in [1.29, 1.82) is 0 Å². The van der Waals surface area contributed by atoms with E-state index in [-0.39, 0.29) is 29.4 Å². The monoisotopic (exact) mass is 511 g/mol. The summed E-state index contributed by atoms with van der Waals surface area (Å²) in [6, 6.07) is 0.423. The molecule has 0 aromatic carbocycles. The molecule has 6 nitrogen and oxygen atoms in total. The number of guanidine groups is 1. The van der Waals surface area contributed by atoms with Crippen LogP contribution < -0.4 is 5.32 Å². The van der Waals surface area contributed by atoms with Crippen LogP contribution >= 0.6 is 24.0 Å². The summed E-state index contributed by atoms with van der Waals surface area (Å²) in [5.41, 5.74) is 0.143. The van der Waals surface area contributed by atoms with Gasteiger partial charge in [0.15, 0.2) is 5.96 Å². The zero-order chi connectivity index (χ0) is 19.7. The normalized spacial score (nSPS) is 26.7. The maximum Gasteiger partial charge on any atom is 0.194 e. The molecule has 1 heterocycles. The summed E-state index contributed by atoms with van der Waals surface area (Å²) in [6.45, 7) is 14.8. The van der Waals surface area contributed by atoms with Crippen LogP contribution in [0.3, 0.4) is 0 Å². The largest absolute Gasteiger partial charge is 0.382 e. The van der Waals surface area contributed by atoms with E-state index in [1.165, 1.54) is 6.42 Å². The fourth-order valence-corrected chi connectivity index (χ4v) is 3.88. The van der Waals surface area contributed by atoms with Crippen molar-refractivity contribution in [2.45, 2.75) is 65.5 Å². The van der Waals surface area contributed by atoms with Crippen LogP contribution in [0.5, 0.6) is 0 Å². The van der Waals surface area contributed by atoms with Crippen LogP contribution in [0.1, 0.15) is 53.4 Å². The molecule has 0 aromatic rings. The fraction of sp³-hybridized carbons (Fsp3) is 0.952. The second-order valence-electron chi connectivity index (χ2n) is 8.43. The number of rotatable bonds is 11. The van der Waals surface area contributed by atoms with Gasteiger partial charge in [0, 0.05) is 50.7 Å². The maximum absolute atomic E-state index is 6.09. The molecule has 0 bridgehead atoms. The molecule has 3 atom stereocenters. The molecule has 3 unspecified atom stereocenters. The minimum atomic E-state index is 0. The number of halogens is 1. The molecule has 0 radical (unpaired) electrons. The molecule has 1 saturated heterocycles. The lowest BCUT2D eigenvalue weighted by Crippen LogP contribution is -2.63. The van der Waals surface area contributed by atoms with Crippen molar-refractivity contribution in [3.05, 3.63) is 0 Å². The molecule has 1 saturated carbocycles. The molecular formula is C21H42IN3O3. The number of hydrogen-bond donors (Lipinski definition) is 1. The highest BCUT2D eigenvalue weighted by Gasteiger charge is 2.49. The Morgan fingerprint density at radius 3 is 2.64 bits per heavy atom. The first-order chi connectivity index (χ1) is 13.0. The topological polar surface area (TPSA) is 55.3 Å². The molecule has 2 fully saturated rings. The van der Waals surface area contributed by atoms with Crippen LogP contribution in [0, 0.1) is 11.3 Å². The highest BCUT2D eigenvalue weighted by atomic mass is 127. The second-order valence-corrected chi connectivity index (χ2v) is 8.43. The van der Waals surface area contributed by atoms with Gasteiger partial charge in [-0.3, -0.25) is 4.99 Å². The number of nitrogens with one attached hydrogen (secondary N) is 1. The van der Waals surface area contributed by atoms with E-state index < -0.39 is 0 Å². The minimum Gasteiger partial charge on any atom is -0.382 e. The quantitative estimate of drug-likeness (QED) is 0.199. The van der Waals surface area contributed by atoms with E-state index >= 15 is 0 Å². The Kier molecular flexibility index (Phi) is 12.3. The van der Waals surface area contributed by atoms with Crippen molar-refractivity contribution < 1.29 is 14.2 Å². The van der Waals surface area contributed by atoms with Gasteiger partial charge in [-0.15, -0.1) is 24.0 Å². The average molecular weight is 511 g/mol. The summed E-state index contributed by atoms with van der Waals surface area (Å²) in [5, 5.41) is 3.74. The zero-order valence-electron chi connectivity index (χ0n) is 18.5. The number of aliphatic imine (C=N–C) groups is 1. The Labute approximate surface area is 189 Å². The van der Waals surface area contributed by atoms with Crippen molar-refractivity contribution in [1.82, 2.24) is 10.2 Å². The van der Waals surface area contributed by atoms with Crippen molar-refractivity contribution in [2.75, 3.05) is 53.2 Å². The summed E-state index contributed by atoms with van der Waals surface area (Å²) in [6.07, 6.45) is 4.91. The molecular weight excluding hydrogens is 469 g/mol. The number of likely N-dealkylation sites (tertiary alicyclic amines) is 1. The Balaban J connectivity index is 0.00000392. The van der Waals surface area contributed by atoms with Crippen LogP contribution in [0.4, 0.5) is 0 Å². The highest BCUT2D eigenvalue weighted by molar-refractivity contribution is 14.0. The summed E-state index contributed by atoms with van der Waals surface area (Å²) in [4.78, 5) is 7.17. The van der Waals surface area contributed by atoms with Gasteiger partial charge in [0.1, 0.15) is 0 Å². The molecule has 0 amide bonds. The maximum atomic E-state index is 6.09. The van der Waals surface area contributed by atoms with E-state index in [0.717, 1.165) is 58.1 Å². The summed E-state index contributed by atoms with van der Waals surface area (Å²) >= 11 is 0. The molecule has 2 rings (SSSR count). The van der Waals surface area contributed by atoms with E-state index in [0.29, 0.717) is 31.3 Å². The van der Waals surface area contributed by atoms with Crippen LogP contribution in [-0.4, -0.2) is 76.2 Å². The Morgan fingerprint density at radius 1 is 1.21 bits per heavy atom. The third-order valence-corrected chi connectivity index (χ3v) is 5.98. The summed E-state index contributed by atoms with van der Waals surface area (Å²) in [5.74, 6) is 1.63. The van der Waals surface area contributed by atoms with Gasteiger partial charge in [-0.1, -0.05) is 27.2 Å². The first kappa shape index (κ1) is 25.9. The van der Waals surface area contributed by atoms with E-state index in [2.05, 4.69) is 37.9 Å². The summed E-state index contributed by atoms with van der Waals surface area (Å²) < 4.78 is 16.9. The van der Waals surface area contributed by atoms with Gasteiger partial charge in [-0.2, -0.15) is 0 Å². The lowest BCUT2D eigenvalue weighted by atomic mass is 9.64. The molecule has 28 heavy (non-hydrogen) atoms. The van der Waals surface area contributed by atoms with Crippen LogP contribution in [0.15, 0.2) is 4.99 Å². The standard InChI is InChI=1S/C21H41N3O3.HI/c1-6-8-11-27-19-14-18(21(19,3)4)23-20(22-7-2)24-10-9-17(15-24)16-26-13-12-25-5;/h17-19H,6-16H2,1-5H3,(H,22,23);1H. The van der Waals surface area contributed by atoms with Gasteiger partial charge >= 0.3 is 0 Å². The number of unbranched alkanes of at least 4 members (excludes halogenated alkanes) is 1. The lowest BCUT2D eigenvalue weighted by molar-refractivity contribution is -0.114. The first-order valence-electron chi connectivity index (χ1n) is 10.8. The number of methoxy groups -OCH3 is 1. The van der Waals surface area contributed by atoms with Gasteiger partial charge in [0.05, 0.1) is 25.9 Å². The SMILES string of the molecule is CCCCOC1CC(NC(=NCC)N2CCC(COCCOC)C2)C1(C)C.I. The lowest BCUT2D eigenvalue weighted by Gasteiger charge is -2.52. The average Bonchev–Trinajstić information content (AvgIpc) is 3.12. The van der Waals surface area contributed by atoms with E-state index in [1.807, 2.05) is 0 Å². The smallest absolute Gasteiger partial charge is 0.194 e. The third kappa shape index (κ3) is 7.29. The molecule has 0 spiro atoms. The van der Waals surface area contributed by atoms with Gasteiger partial charge in [-0.05, 0) is 26.2 Å². The van der Waals surface area contributed by atoms with Gasteiger partial charge < -0.3 is 24.4 Å².